The first kappa shape index (κ1) is 37.5. The number of alkyl halides is 3. The molecule has 2 aromatic heterocycles. The summed E-state index contributed by atoms with van der Waals surface area (Å²) in [5.41, 5.74) is 1.39. The fourth-order valence-corrected chi connectivity index (χ4v) is 6.03. The molecule has 0 bridgehead atoms. The fraction of sp³-hybridized carbons (Fsp3) is 0.543. The highest BCUT2D eigenvalue weighted by Crippen LogP contribution is 2.35. The number of carbonyl (C=O) groups excluding carboxylic acids is 1. The van der Waals surface area contributed by atoms with Gasteiger partial charge in [-0.1, -0.05) is 6.07 Å². The van der Waals surface area contributed by atoms with Gasteiger partial charge in [-0.25, -0.2) is 9.59 Å². The second kappa shape index (κ2) is 15.9. The molecule has 268 valence electrons. The summed E-state index contributed by atoms with van der Waals surface area (Å²) < 4.78 is 50.9. The van der Waals surface area contributed by atoms with Crippen LogP contribution in [0.4, 0.5) is 18.0 Å². The third-order valence-electron chi connectivity index (χ3n) is 8.67. The number of likely N-dealkylation sites (tertiary alicyclic amines) is 2. The maximum Gasteiger partial charge on any atom is 0.490 e. The van der Waals surface area contributed by atoms with Gasteiger partial charge in [0.2, 0.25) is 0 Å². The Hall–Kier alpha value is -4.33. The van der Waals surface area contributed by atoms with Crippen molar-refractivity contribution in [3.63, 3.8) is 0 Å². The van der Waals surface area contributed by atoms with Crippen LogP contribution in [0.2, 0.25) is 0 Å². The molecule has 2 aliphatic rings. The number of amides is 1. The second-order valence-electron chi connectivity index (χ2n) is 13.5. The van der Waals surface area contributed by atoms with Crippen LogP contribution in [-0.4, -0.2) is 94.7 Å². The summed E-state index contributed by atoms with van der Waals surface area (Å²) >= 11 is 0. The second-order valence-corrected chi connectivity index (χ2v) is 13.5. The summed E-state index contributed by atoms with van der Waals surface area (Å²) in [7, 11) is 3.42. The zero-order valence-corrected chi connectivity index (χ0v) is 28.6. The number of carbonyl (C=O) groups is 2. The van der Waals surface area contributed by atoms with E-state index in [2.05, 4.69) is 9.88 Å². The molecule has 0 saturated carbocycles. The largest absolute Gasteiger partial charge is 0.493 e. The first-order valence-electron chi connectivity index (χ1n) is 16.3. The molecule has 4 heterocycles. The van der Waals surface area contributed by atoms with Crippen molar-refractivity contribution < 1.29 is 42.1 Å². The van der Waals surface area contributed by atoms with Crippen LogP contribution < -0.4 is 15.0 Å². The van der Waals surface area contributed by atoms with E-state index >= 15 is 0 Å². The molecule has 1 aromatic carbocycles. The number of aliphatic carboxylic acids is 1. The third-order valence-corrected chi connectivity index (χ3v) is 8.67. The van der Waals surface area contributed by atoms with Crippen molar-refractivity contribution in [3.8, 4) is 22.6 Å². The van der Waals surface area contributed by atoms with Gasteiger partial charge in [0, 0.05) is 50.8 Å². The molecule has 49 heavy (non-hydrogen) atoms. The average molecular weight is 691 g/mol. The first-order valence-corrected chi connectivity index (χ1v) is 16.3. The number of methoxy groups -OCH3 is 1. The lowest BCUT2D eigenvalue weighted by atomic mass is 9.93. The molecule has 2 saturated heterocycles. The molecular formula is C35H45F3N4O7. The predicted molar refractivity (Wildman–Crippen MR) is 178 cm³/mol. The number of nitrogens with zero attached hydrogens (tertiary/aromatic N) is 4. The number of aromatic nitrogens is 2. The monoisotopic (exact) mass is 690 g/mol. The number of benzene rings is 1. The van der Waals surface area contributed by atoms with Gasteiger partial charge >= 0.3 is 18.2 Å². The summed E-state index contributed by atoms with van der Waals surface area (Å²) in [5, 5.41) is 8.58. The van der Waals surface area contributed by atoms with Crippen LogP contribution in [0.3, 0.4) is 0 Å². The van der Waals surface area contributed by atoms with Crippen molar-refractivity contribution in [2.45, 2.75) is 58.2 Å². The Morgan fingerprint density at radius 2 is 1.59 bits per heavy atom. The third kappa shape index (κ3) is 10.3. The minimum absolute atomic E-state index is 0.0663. The summed E-state index contributed by atoms with van der Waals surface area (Å²) in [6.45, 7) is 11.2. The van der Waals surface area contributed by atoms with Crippen molar-refractivity contribution in [1.29, 1.82) is 0 Å². The van der Waals surface area contributed by atoms with Crippen LogP contribution in [0.5, 0.6) is 11.5 Å². The Labute approximate surface area is 283 Å². The first-order chi connectivity index (χ1) is 23.1. The number of fused-ring (bicyclic) bond motifs is 1. The molecule has 1 amide bonds. The van der Waals surface area contributed by atoms with Crippen molar-refractivity contribution in [2.24, 2.45) is 18.9 Å². The Kier molecular flexibility index (Phi) is 12.2. The van der Waals surface area contributed by atoms with Gasteiger partial charge in [0.25, 0.3) is 5.56 Å². The molecular weight excluding hydrogens is 645 g/mol. The SMILES string of the molecule is COc1cc(-c2cn(C)c(=O)c3cnccc23)ccc1OCC1CCN(CC2CCN(C(=O)OC(C)(C)C)CC2)CC1.O=C(O)C(F)(F)F. The molecule has 5 rings (SSSR count). The van der Waals surface area contributed by atoms with Crippen LogP contribution in [0.15, 0.2) is 47.7 Å². The van der Waals surface area contributed by atoms with E-state index in [1.165, 1.54) is 0 Å². The Balaban J connectivity index is 0.000000698. The number of pyridine rings is 2. The smallest absolute Gasteiger partial charge is 0.490 e. The highest BCUT2D eigenvalue weighted by atomic mass is 19.4. The molecule has 3 aromatic rings. The highest BCUT2D eigenvalue weighted by molar-refractivity contribution is 5.95. The van der Waals surface area contributed by atoms with E-state index < -0.39 is 17.7 Å². The van der Waals surface area contributed by atoms with E-state index in [1.807, 2.05) is 56.1 Å². The number of hydrogen-bond acceptors (Lipinski definition) is 8. The van der Waals surface area contributed by atoms with Gasteiger partial charge in [0.15, 0.2) is 11.5 Å². The molecule has 2 aliphatic heterocycles. The van der Waals surface area contributed by atoms with Gasteiger partial charge in [0.05, 0.1) is 19.1 Å². The molecule has 14 heteroatoms. The molecule has 1 N–H and O–H groups in total. The van der Waals surface area contributed by atoms with Crippen molar-refractivity contribution in [2.75, 3.05) is 46.4 Å². The van der Waals surface area contributed by atoms with E-state index in [0.717, 1.165) is 80.7 Å². The van der Waals surface area contributed by atoms with Crippen molar-refractivity contribution >= 4 is 22.8 Å². The van der Waals surface area contributed by atoms with Gasteiger partial charge in [-0.15, -0.1) is 0 Å². The van der Waals surface area contributed by atoms with Crippen LogP contribution >= 0.6 is 0 Å². The Morgan fingerprint density at radius 1 is 0.959 bits per heavy atom. The van der Waals surface area contributed by atoms with Crippen molar-refractivity contribution in [3.05, 3.63) is 53.2 Å². The van der Waals surface area contributed by atoms with Gasteiger partial charge in [-0.2, -0.15) is 13.2 Å². The Morgan fingerprint density at radius 3 is 2.18 bits per heavy atom. The standard InChI is InChI=1S/C33H44N4O5.C2HF3O2/c1-33(2,3)42-32(39)37-16-11-23(12-17-37)20-36-14-9-24(10-15-36)22-41-29-7-6-25(18-30(29)40-5)28-21-35(4)31(38)27-19-34-13-8-26(27)28;3-2(4,5)1(6)7/h6-8,13,18-19,21,23-24H,9-12,14-17,20,22H2,1-5H3;(H,6,7). The number of carboxylic acid groups (broad SMARTS) is 1. The van der Waals surface area contributed by atoms with E-state index in [0.29, 0.717) is 29.6 Å². The van der Waals surface area contributed by atoms with Gasteiger partial charge in [-0.05, 0) is 101 Å². The lowest BCUT2D eigenvalue weighted by Gasteiger charge is -2.38. The maximum atomic E-state index is 12.6. The minimum Gasteiger partial charge on any atom is -0.493 e. The van der Waals surface area contributed by atoms with Gasteiger partial charge in [-0.3, -0.25) is 9.78 Å². The van der Waals surface area contributed by atoms with E-state index in [9.17, 15) is 22.8 Å². The molecule has 0 atom stereocenters. The average Bonchev–Trinajstić information content (AvgIpc) is 3.05. The number of piperidine rings is 2. The Bertz CT molecular complexity index is 1660. The van der Waals surface area contributed by atoms with Crippen LogP contribution in [0.1, 0.15) is 46.5 Å². The minimum atomic E-state index is -5.08. The molecule has 0 spiro atoms. The maximum absolute atomic E-state index is 12.6. The number of hydrogen-bond donors (Lipinski definition) is 1. The summed E-state index contributed by atoms with van der Waals surface area (Å²) in [5.74, 6) is -0.221. The number of carboxylic acids is 1. The fourth-order valence-electron chi connectivity index (χ4n) is 6.03. The van der Waals surface area contributed by atoms with E-state index in [1.54, 1.807) is 31.1 Å². The normalized spacial score (nSPS) is 16.5. The molecule has 11 nitrogen and oxygen atoms in total. The van der Waals surface area contributed by atoms with Crippen LogP contribution in [0, 0.1) is 11.8 Å². The molecule has 0 radical (unpaired) electrons. The topological polar surface area (TPSA) is 123 Å². The van der Waals surface area contributed by atoms with Crippen LogP contribution in [-0.2, 0) is 16.6 Å². The molecule has 2 fully saturated rings. The predicted octanol–water partition coefficient (Wildman–Crippen LogP) is 5.98. The number of rotatable bonds is 7. The van der Waals surface area contributed by atoms with Crippen molar-refractivity contribution in [1.82, 2.24) is 19.4 Å². The summed E-state index contributed by atoms with van der Waals surface area (Å²) in [6, 6.07) is 7.84. The summed E-state index contributed by atoms with van der Waals surface area (Å²) in [4.78, 5) is 42.4. The van der Waals surface area contributed by atoms with Crippen LogP contribution in [0.25, 0.3) is 21.9 Å². The lowest BCUT2D eigenvalue weighted by molar-refractivity contribution is -0.192. The number of aryl methyl sites for hydroxylation is 1. The number of ether oxygens (including phenoxy) is 3. The van der Waals surface area contributed by atoms with Gasteiger partial charge in [0.1, 0.15) is 5.60 Å². The highest BCUT2D eigenvalue weighted by Gasteiger charge is 2.38. The van der Waals surface area contributed by atoms with E-state index in [-0.39, 0.29) is 11.7 Å². The summed E-state index contributed by atoms with van der Waals surface area (Å²) in [6.07, 6.45) is 4.19. The zero-order valence-electron chi connectivity index (χ0n) is 28.6. The van der Waals surface area contributed by atoms with E-state index in [4.69, 9.17) is 24.1 Å². The lowest BCUT2D eigenvalue weighted by Crippen LogP contribution is -2.45. The number of halogens is 3. The molecule has 0 aliphatic carbocycles. The zero-order chi connectivity index (χ0) is 35.9. The molecule has 0 unspecified atom stereocenters. The quantitative estimate of drug-likeness (QED) is 0.319. The van der Waals surface area contributed by atoms with Gasteiger partial charge < -0.3 is 33.7 Å².